The SMILES string of the molecule is CCOCC(Nc1c(F)cc([N+](=O)[O-])cc1F)C(C)C. The standard InChI is InChI=1S/C13H18F2N2O3/c1-4-20-7-12(8(2)3)16-13-10(14)5-9(17(18)19)6-11(13)15/h5-6,8,12,16H,4,7H2,1-3H3. The predicted octanol–water partition coefficient (Wildman–Crippen LogP) is 3.35. The van der Waals surface area contributed by atoms with Crippen molar-refractivity contribution in [3.8, 4) is 0 Å². The van der Waals surface area contributed by atoms with Gasteiger partial charge in [0.1, 0.15) is 5.69 Å². The fourth-order valence-electron chi connectivity index (χ4n) is 1.63. The van der Waals surface area contributed by atoms with E-state index in [1.807, 2.05) is 20.8 Å². The largest absolute Gasteiger partial charge is 0.380 e. The van der Waals surface area contributed by atoms with Gasteiger partial charge in [-0.25, -0.2) is 8.78 Å². The van der Waals surface area contributed by atoms with E-state index in [4.69, 9.17) is 4.74 Å². The molecule has 0 aliphatic heterocycles. The van der Waals surface area contributed by atoms with Crippen LogP contribution in [0.1, 0.15) is 20.8 Å². The summed E-state index contributed by atoms with van der Waals surface area (Å²) >= 11 is 0. The van der Waals surface area contributed by atoms with Crippen LogP contribution in [0.2, 0.25) is 0 Å². The Kier molecular flexibility index (Phi) is 5.82. The summed E-state index contributed by atoms with van der Waals surface area (Å²) in [5, 5.41) is 13.2. The summed E-state index contributed by atoms with van der Waals surface area (Å²) in [5.74, 6) is -1.90. The van der Waals surface area contributed by atoms with Crippen LogP contribution in [0, 0.1) is 27.7 Å². The van der Waals surface area contributed by atoms with Gasteiger partial charge in [0.25, 0.3) is 5.69 Å². The van der Waals surface area contributed by atoms with Crippen LogP contribution in [0.3, 0.4) is 0 Å². The van der Waals surface area contributed by atoms with Crippen LogP contribution in [-0.4, -0.2) is 24.2 Å². The average Bonchev–Trinajstić information content (AvgIpc) is 2.36. The van der Waals surface area contributed by atoms with Gasteiger partial charge in [0.05, 0.1) is 29.7 Å². The minimum atomic E-state index is -0.987. The molecule has 112 valence electrons. The van der Waals surface area contributed by atoms with Gasteiger partial charge in [-0.3, -0.25) is 10.1 Å². The molecule has 0 radical (unpaired) electrons. The van der Waals surface area contributed by atoms with E-state index in [1.54, 1.807) is 0 Å². The van der Waals surface area contributed by atoms with Gasteiger partial charge in [0, 0.05) is 6.61 Å². The zero-order valence-corrected chi connectivity index (χ0v) is 11.7. The lowest BCUT2D eigenvalue weighted by atomic mass is 10.0. The lowest BCUT2D eigenvalue weighted by molar-refractivity contribution is -0.385. The van der Waals surface area contributed by atoms with Crippen molar-refractivity contribution < 1.29 is 18.4 Å². The molecule has 1 N–H and O–H groups in total. The fraction of sp³-hybridized carbons (Fsp3) is 0.538. The molecule has 1 rings (SSSR count). The number of rotatable bonds is 7. The average molecular weight is 288 g/mol. The van der Waals surface area contributed by atoms with Crippen LogP contribution in [0.25, 0.3) is 0 Å². The lowest BCUT2D eigenvalue weighted by Gasteiger charge is -2.23. The van der Waals surface area contributed by atoms with E-state index in [2.05, 4.69) is 5.32 Å². The van der Waals surface area contributed by atoms with E-state index in [0.29, 0.717) is 25.3 Å². The van der Waals surface area contributed by atoms with E-state index in [1.165, 1.54) is 0 Å². The number of anilines is 1. The van der Waals surface area contributed by atoms with Crippen molar-refractivity contribution in [2.24, 2.45) is 5.92 Å². The van der Waals surface area contributed by atoms with Crippen molar-refractivity contribution in [2.45, 2.75) is 26.8 Å². The summed E-state index contributed by atoms with van der Waals surface area (Å²) in [7, 11) is 0. The van der Waals surface area contributed by atoms with Gasteiger partial charge < -0.3 is 10.1 Å². The number of nitrogens with one attached hydrogen (secondary N) is 1. The molecule has 1 atom stereocenters. The fourth-order valence-corrected chi connectivity index (χ4v) is 1.63. The molecule has 0 aliphatic rings. The van der Waals surface area contributed by atoms with Gasteiger partial charge >= 0.3 is 0 Å². The monoisotopic (exact) mass is 288 g/mol. The smallest absolute Gasteiger partial charge is 0.275 e. The predicted molar refractivity (Wildman–Crippen MR) is 71.8 cm³/mol. The maximum atomic E-state index is 13.8. The van der Waals surface area contributed by atoms with E-state index in [9.17, 15) is 18.9 Å². The first-order valence-electron chi connectivity index (χ1n) is 6.34. The number of ether oxygens (including phenoxy) is 1. The number of nitro benzene ring substituents is 1. The minimum Gasteiger partial charge on any atom is -0.380 e. The number of benzene rings is 1. The molecular weight excluding hydrogens is 270 g/mol. The number of non-ortho nitro benzene ring substituents is 1. The second kappa shape index (κ2) is 7.14. The van der Waals surface area contributed by atoms with E-state index >= 15 is 0 Å². The summed E-state index contributed by atoms with van der Waals surface area (Å²) in [6.45, 7) is 6.39. The first-order chi connectivity index (χ1) is 9.36. The van der Waals surface area contributed by atoms with Crippen molar-refractivity contribution in [1.82, 2.24) is 0 Å². The van der Waals surface area contributed by atoms with Crippen molar-refractivity contribution in [2.75, 3.05) is 18.5 Å². The van der Waals surface area contributed by atoms with E-state index < -0.39 is 22.2 Å². The molecule has 5 nitrogen and oxygen atoms in total. The maximum Gasteiger partial charge on any atom is 0.275 e. The molecule has 0 aromatic heterocycles. The lowest BCUT2D eigenvalue weighted by Crippen LogP contribution is -2.31. The Balaban J connectivity index is 2.98. The summed E-state index contributed by atoms with van der Waals surface area (Å²) in [6, 6.07) is 1.10. The number of hydrogen-bond donors (Lipinski definition) is 1. The van der Waals surface area contributed by atoms with Crippen molar-refractivity contribution in [3.63, 3.8) is 0 Å². The number of hydrogen-bond acceptors (Lipinski definition) is 4. The van der Waals surface area contributed by atoms with Crippen LogP contribution >= 0.6 is 0 Å². The van der Waals surface area contributed by atoms with E-state index in [-0.39, 0.29) is 17.6 Å². The summed E-state index contributed by atoms with van der Waals surface area (Å²) in [4.78, 5) is 9.68. The molecule has 0 spiro atoms. The van der Waals surface area contributed by atoms with Crippen LogP contribution in [-0.2, 0) is 4.74 Å². The highest BCUT2D eigenvalue weighted by molar-refractivity contribution is 5.52. The molecule has 0 bridgehead atoms. The van der Waals surface area contributed by atoms with Gasteiger partial charge in [-0.05, 0) is 12.8 Å². The Labute approximate surface area is 116 Å². The Morgan fingerprint density at radius 1 is 1.35 bits per heavy atom. The van der Waals surface area contributed by atoms with Crippen molar-refractivity contribution in [1.29, 1.82) is 0 Å². The molecule has 0 amide bonds. The topological polar surface area (TPSA) is 64.4 Å². The zero-order valence-electron chi connectivity index (χ0n) is 11.7. The maximum absolute atomic E-state index is 13.8. The molecule has 20 heavy (non-hydrogen) atoms. The number of nitro groups is 1. The second-order valence-corrected chi connectivity index (χ2v) is 4.70. The van der Waals surface area contributed by atoms with Gasteiger partial charge in [0.15, 0.2) is 11.6 Å². The molecule has 0 aliphatic carbocycles. The normalized spacial score (nSPS) is 12.5. The highest BCUT2D eigenvalue weighted by atomic mass is 19.1. The Morgan fingerprint density at radius 3 is 2.30 bits per heavy atom. The molecule has 7 heteroatoms. The summed E-state index contributed by atoms with van der Waals surface area (Å²) in [5.41, 5.74) is -0.981. The van der Waals surface area contributed by atoms with Crippen LogP contribution in [0.5, 0.6) is 0 Å². The first-order valence-corrected chi connectivity index (χ1v) is 6.34. The molecule has 0 heterocycles. The molecular formula is C13H18F2N2O3. The van der Waals surface area contributed by atoms with Crippen LogP contribution in [0.15, 0.2) is 12.1 Å². The van der Waals surface area contributed by atoms with Crippen LogP contribution < -0.4 is 5.32 Å². The third kappa shape index (κ3) is 4.12. The zero-order chi connectivity index (χ0) is 15.3. The molecule has 0 fully saturated rings. The first kappa shape index (κ1) is 16.3. The highest BCUT2D eigenvalue weighted by Gasteiger charge is 2.21. The molecule has 0 saturated heterocycles. The molecule has 1 unspecified atom stereocenters. The van der Waals surface area contributed by atoms with E-state index in [0.717, 1.165) is 0 Å². The minimum absolute atomic E-state index is 0.0792. The molecule has 0 saturated carbocycles. The third-order valence-electron chi connectivity index (χ3n) is 2.87. The number of nitrogens with zero attached hydrogens (tertiary/aromatic N) is 1. The van der Waals surface area contributed by atoms with Gasteiger partial charge in [-0.1, -0.05) is 13.8 Å². The Morgan fingerprint density at radius 2 is 1.90 bits per heavy atom. The quantitative estimate of drug-likeness (QED) is 0.617. The van der Waals surface area contributed by atoms with Crippen molar-refractivity contribution in [3.05, 3.63) is 33.9 Å². The van der Waals surface area contributed by atoms with Gasteiger partial charge in [-0.15, -0.1) is 0 Å². The Hall–Kier alpha value is -1.76. The summed E-state index contributed by atoms with van der Waals surface area (Å²) in [6.07, 6.45) is 0. The Bertz CT molecular complexity index is 458. The van der Waals surface area contributed by atoms with Gasteiger partial charge in [-0.2, -0.15) is 0 Å². The number of halogens is 2. The highest BCUT2D eigenvalue weighted by Crippen LogP contribution is 2.26. The second-order valence-electron chi connectivity index (χ2n) is 4.70. The molecule has 1 aromatic carbocycles. The summed E-state index contributed by atoms with van der Waals surface area (Å²) < 4.78 is 32.8. The molecule has 1 aromatic rings. The third-order valence-corrected chi connectivity index (χ3v) is 2.87. The van der Waals surface area contributed by atoms with Crippen LogP contribution in [0.4, 0.5) is 20.2 Å². The van der Waals surface area contributed by atoms with Gasteiger partial charge in [0.2, 0.25) is 0 Å². The van der Waals surface area contributed by atoms with Crippen molar-refractivity contribution >= 4 is 11.4 Å².